The summed E-state index contributed by atoms with van der Waals surface area (Å²) in [6.07, 6.45) is 3.05. The van der Waals surface area contributed by atoms with Gasteiger partial charge in [0.1, 0.15) is 42.3 Å². The molecule has 0 radical (unpaired) electrons. The number of aliphatic carboxylic acids is 2. The van der Waals surface area contributed by atoms with E-state index in [4.69, 9.17) is 22.9 Å². The lowest BCUT2D eigenvalue weighted by molar-refractivity contribution is -0.147. The number of hydrogen-bond acceptors (Lipinski definition) is 14. The van der Waals surface area contributed by atoms with E-state index in [1.54, 1.807) is 6.26 Å². The molecular weight excluding hydrogens is 857 g/mol. The third-order valence-electron chi connectivity index (χ3n) is 9.42. The van der Waals surface area contributed by atoms with Crippen LogP contribution in [0.4, 0.5) is 0 Å². The van der Waals surface area contributed by atoms with Gasteiger partial charge in [0.25, 0.3) is 0 Å². The molecule has 8 amide bonds. The summed E-state index contributed by atoms with van der Waals surface area (Å²) in [4.78, 5) is 133. The standard InChI is InChI=1S/C36H62N12O12S2/c1-18(43-31(55)21(7-5-13-41-36(39)40)45-30(54)20(37)11-15-61-3)28(52)42-19(2)29(53)44-22(9-10-26(38)49)32(56)47-24(17-27(50)51)34(58)48-14-6-8-25(48)33(57)46-23(35(59)60)12-16-62-4/h18-25H,5-17,37H2,1-4H3,(H2,38,49)(H,42,52)(H,43,55)(H,44,53)(H,45,54)(H,46,57)(H,47,56)(H,50,51)(H,59,60)(H4,39,40,41)/t18-,19-,20-,21-,22-,23-,24-,25-/m0/s1. The minimum absolute atomic E-state index is 0.00930. The Morgan fingerprint density at radius 3 is 1.79 bits per heavy atom. The predicted octanol–water partition coefficient (Wildman–Crippen LogP) is -4.36. The third-order valence-corrected chi connectivity index (χ3v) is 10.7. The number of likely N-dealkylation sites (tertiary alicyclic amines) is 1. The van der Waals surface area contributed by atoms with Crippen molar-refractivity contribution in [2.75, 3.05) is 37.1 Å². The van der Waals surface area contributed by atoms with Crippen LogP contribution in [-0.4, -0.2) is 166 Å². The Balaban J connectivity index is 3.11. The molecule has 0 saturated carbocycles. The summed E-state index contributed by atoms with van der Waals surface area (Å²) in [6.45, 7) is 2.70. The number of carboxylic acid groups (broad SMARTS) is 2. The van der Waals surface area contributed by atoms with Crippen molar-refractivity contribution in [3.8, 4) is 0 Å². The average molecular weight is 919 g/mol. The van der Waals surface area contributed by atoms with E-state index in [-0.39, 0.29) is 44.7 Å². The summed E-state index contributed by atoms with van der Waals surface area (Å²) in [5.41, 5.74) is 22.0. The van der Waals surface area contributed by atoms with Gasteiger partial charge in [0, 0.05) is 19.5 Å². The van der Waals surface area contributed by atoms with E-state index in [2.05, 4.69) is 36.9 Å². The van der Waals surface area contributed by atoms with Crippen molar-refractivity contribution in [2.45, 2.75) is 120 Å². The molecule has 16 N–H and O–H groups in total. The average Bonchev–Trinajstić information content (AvgIpc) is 3.70. The Morgan fingerprint density at radius 2 is 1.23 bits per heavy atom. The molecule has 350 valence electrons. The van der Waals surface area contributed by atoms with E-state index in [0.717, 1.165) is 4.90 Å². The van der Waals surface area contributed by atoms with Crippen LogP contribution in [0.1, 0.15) is 71.6 Å². The molecule has 0 aromatic heterocycles. The summed E-state index contributed by atoms with van der Waals surface area (Å²) < 4.78 is 0. The molecule has 0 aliphatic carbocycles. The number of amides is 8. The predicted molar refractivity (Wildman–Crippen MR) is 230 cm³/mol. The van der Waals surface area contributed by atoms with Crippen LogP contribution in [-0.2, 0) is 47.9 Å². The zero-order chi connectivity index (χ0) is 47.1. The van der Waals surface area contributed by atoms with Gasteiger partial charge < -0.3 is 69.9 Å². The highest BCUT2D eigenvalue weighted by atomic mass is 32.2. The zero-order valence-electron chi connectivity index (χ0n) is 35.3. The molecule has 0 aromatic rings. The number of nitrogens with zero attached hydrogens (tertiary/aromatic N) is 2. The van der Waals surface area contributed by atoms with Crippen molar-refractivity contribution in [3.05, 3.63) is 0 Å². The van der Waals surface area contributed by atoms with Crippen LogP contribution in [0.5, 0.6) is 0 Å². The minimum atomic E-state index is -1.76. The number of carbonyl (C=O) groups excluding carboxylic acids is 8. The molecule has 1 aliphatic rings. The van der Waals surface area contributed by atoms with Crippen LogP contribution in [0.25, 0.3) is 0 Å². The van der Waals surface area contributed by atoms with E-state index in [0.29, 0.717) is 24.3 Å². The van der Waals surface area contributed by atoms with Gasteiger partial charge >= 0.3 is 11.9 Å². The largest absolute Gasteiger partial charge is 0.481 e. The second-order valence-corrected chi connectivity index (χ2v) is 16.4. The Morgan fingerprint density at radius 1 is 0.694 bits per heavy atom. The van der Waals surface area contributed by atoms with Gasteiger partial charge in [-0.3, -0.25) is 48.1 Å². The first-order valence-electron chi connectivity index (χ1n) is 19.8. The number of carbonyl (C=O) groups is 10. The Kier molecular flexibility index (Phi) is 24.9. The number of nitrogens with one attached hydrogen (secondary N) is 6. The van der Waals surface area contributed by atoms with Gasteiger partial charge in [0.05, 0.1) is 12.5 Å². The Bertz CT molecular complexity index is 1640. The number of thioether (sulfide) groups is 2. The van der Waals surface area contributed by atoms with Crippen molar-refractivity contribution < 1.29 is 58.2 Å². The SMILES string of the molecule is CSCC[C@H](NC(=O)[C@@H]1CCCN1C(=O)[C@H](CC(=O)O)NC(=O)[C@H](CCC(N)=O)NC(=O)[C@H](C)NC(=O)[C@H](C)NC(=O)[C@H](CCCN=C(N)N)NC(=O)[C@@H](N)CCSC)C(=O)O. The second-order valence-electron chi connectivity index (χ2n) is 14.5. The van der Waals surface area contributed by atoms with Gasteiger partial charge in [-0.05, 0) is 82.8 Å². The Hall–Kier alpha value is -5.37. The van der Waals surface area contributed by atoms with Crippen LogP contribution in [0.2, 0.25) is 0 Å². The Labute approximate surface area is 367 Å². The van der Waals surface area contributed by atoms with Crippen molar-refractivity contribution >= 4 is 88.7 Å². The molecule has 1 rings (SSSR count). The number of aliphatic imine (C=N–C) groups is 1. The summed E-state index contributed by atoms with van der Waals surface area (Å²) in [6, 6.07) is -10.4. The van der Waals surface area contributed by atoms with E-state index >= 15 is 0 Å². The number of guanidine groups is 1. The molecule has 8 atom stereocenters. The van der Waals surface area contributed by atoms with Gasteiger partial charge in [-0.2, -0.15) is 23.5 Å². The highest BCUT2D eigenvalue weighted by molar-refractivity contribution is 7.98. The highest BCUT2D eigenvalue weighted by Crippen LogP contribution is 2.20. The molecule has 0 unspecified atom stereocenters. The number of nitrogens with two attached hydrogens (primary N) is 4. The monoisotopic (exact) mass is 918 g/mol. The van der Waals surface area contributed by atoms with Crippen molar-refractivity contribution in [1.82, 2.24) is 36.8 Å². The van der Waals surface area contributed by atoms with Gasteiger partial charge in [-0.25, -0.2) is 4.79 Å². The van der Waals surface area contributed by atoms with E-state index < -0.39 is 127 Å². The molecule has 1 fully saturated rings. The lowest BCUT2D eigenvalue weighted by Gasteiger charge is -2.30. The molecule has 0 spiro atoms. The fourth-order valence-corrected chi connectivity index (χ4v) is 6.93. The minimum Gasteiger partial charge on any atom is -0.481 e. The molecule has 24 nitrogen and oxygen atoms in total. The van der Waals surface area contributed by atoms with E-state index in [1.807, 2.05) is 6.26 Å². The summed E-state index contributed by atoms with van der Waals surface area (Å²) >= 11 is 2.86. The van der Waals surface area contributed by atoms with Crippen LogP contribution in [0.3, 0.4) is 0 Å². The van der Waals surface area contributed by atoms with Crippen LogP contribution in [0, 0.1) is 0 Å². The molecular formula is C36H62N12O12S2. The lowest BCUT2D eigenvalue weighted by atomic mass is 10.1. The molecule has 62 heavy (non-hydrogen) atoms. The number of hydrogen-bond donors (Lipinski definition) is 12. The molecule has 26 heteroatoms. The summed E-state index contributed by atoms with van der Waals surface area (Å²) in [5, 5.41) is 33.7. The molecule has 1 aliphatic heterocycles. The first-order chi connectivity index (χ1) is 29.1. The normalized spacial score (nSPS) is 16.7. The van der Waals surface area contributed by atoms with Crippen molar-refractivity contribution in [1.29, 1.82) is 0 Å². The molecule has 1 saturated heterocycles. The molecule has 0 aromatic carbocycles. The first kappa shape index (κ1) is 54.6. The quantitative estimate of drug-likeness (QED) is 0.0192. The maximum atomic E-state index is 13.7. The highest BCUT2D eigenvalue weighted by Gasteiger charge is 2.40. The van der Waals surface area contributed by atoms with Gasteiger partial charge in [-0.1, -0.05) is 0 Å². The number of carboxylic acids is 2. The molecule has 1 heterocycles. The van der Waals surface area contributed by atoms with Crippen molar-refractivity contribution in [3.63, 3.8) is 0 Å². The topological polar surface area (TPSA) is 403 Å². The zero-order valence-corrected chi connectivity index (χ0v) is 36.9. The van der Waals surface area contributed by atoms with Gasteiger partial charge in [-0.15, -0.1) is 0 Å². The van der Waals surface area contributed by atoms with Crippen LogP contribution < -0.4 is 54.8 Å². The maximum Gasteiger partial charge on any atom is 0.326 e. The lowest BCUT2D eigenvalue weighted by Crippen LogP contribution is -2.59. The van der Waals surface area contributed by atoms with Gasteiger partial charge in [0.15, 0.2) is 5.96 Å². The maximum absolute atomic E-state index is 13.7. The second kappa shape index (κ2) is 28.3. The number of primary amides is 1. The van der Waals surface area contributed by atoms with Gasteiger partial charge in [0.2, 0.25) is 47.3 Å². The van der Waals surface area contributed by atoms with Crippen LogP contribution in [0.15, 0.2) is 4.99 Å². The smallest absolute Gasteiger partial charge is 0.326 e. The fraction of sp³-hybridized carbons (Fsp3) is 0.694. The van der Waals surface area contributed by atoms with Crippen molar-refractivity contribution in [2.24, 2.45) is 27.9 Å². The third kappa shape index (κ3) is 20.0. The fourth-order valence-electron chi connectivity index (χ4n) is 5.97. The number of rotatable bonds is 29. The van der Waals surface area contributed by atoms with Crippen LogP contribution >= 0.6 is 23.5 Å². The van der Waals surface area contributed by atoms with E-state index in [9.17, 15) is 58.2 Å². The first-order valence-corrected chi connectivity index (χ1v) is 22.6. The molecule has 0 bridgehead atoms. The summed E-state index contributed by atoms with van der Waals surface area (Å²) in [7, 11) is 0. The van der Waals surface area contributed by atoms with E-state index in [1.165, 1.54) is 37.4 Å². The summed E-state index contributed by atoms with van der Waals surface area (Å²) in [5.74, 6) is -8.76.